The Kier molecular flexibility index (Phi) is 4.89. The average Bonchev–Trinajstić information content (AvgIpc) is 2.64. The summed E-state index contributed by atoms with van der Waals surface area (Å²) < 4.78 is 7.79. The van der Waals surface area contributed by atoms with E-state index in [0.717, 1.165) is 36.9 Å². The molecule has 4 rings (SSSR count). The van der Waals surface area contributed by atoms with E-state index in [0.29, 0.717) is 18.9 Å². The lowest BCUT2D eigenvalue weighted by atomic mass is 9.98. The monoisotopic (exact) mass is 472 g/mol. The number of rotatable bonds is 2. The maximum absolute atomic E-state index is 12.2. The molecule has 1 aromatic heterocycles. The van der Waals surface area contributed by atoms with E-state index in [1.54, 1.807) is 0 Å². The van der Waals surface area contributed by atoms with Crippen LogP contribution in [-0.2, 0) is 11.3 Å². The average molecular weight is 474 g/mol. The van der Waals surface area contributed by atoms with Crippen LogP contribution in [0.5, 0.6) is 0 Å². The third-order valence-electron chi connectivity index (χ3n) is 4.18. The lowest BCUT2D eigenvalue weighted by Crippen LogP contribution is -2.21. The second kappa shape index (κ2) is 7.31. The number of nitrogens with one attached hydrogen (secondary N) is 1. The van der Waals surface area contributed by atoms with Gasteiger partial charge in [0.2, 0.25) is 0 Å². The number of aromatic amines is 1. The topological polar surface area (TPSA) is 55.0 Å². The van der Waals surface area contributed by atoms with Gasteiger partial charge in [0.1, 0.15) is 0 Å². The molecule has 0 saturated carbocycles. The molecule has 0 saturated heterocycles. The van der Waals surface area contributed by atoms with Crippen molar-refractivity contribution in [3.05, 3.63) is 84.8 Å². The fourth-order valence-corrected chi connectivity index (χ4v) is 3.50. The molecule has 1 aliphatic rings. The van der Waals surface area contributed by atoms with Crippen molar-refractivity contribution in [2.24, 2.45) is 0 Å². The Hall–Kier alpha value is -2.02. The number of H-pyrrole nitrogens is 1. The Morgan fingerprint density at radius 1 is 0.962 bits per heavy atom. The molecule has 4 nitrogen and oxygen atoms in total. The highest BCUT2D eigenvalue weighted by atomic mass is 79.9. The minimum atomic E-state index is -0.356. The zero-order valence-corrected chi connectivity index (χ0v) is 16.8. The smallest absolute Gasteiger partial charge is 0.345 e. The standard InChI is InChI=1S/C20H14Br2N2O2/c21-15-5-1-12(2-6-15)9-14-10-26-11-17-18(23-20(25)24-19(14)17)13-3-7-16(22)8-4-13/h1-9H,10-11H2,(H,23,24,25)/b14-9+. The predicted octanol–water partition coefficient (Wildman–Crippen LogP) is 5.03. The van der Waals surface area contributed by atoms with Crippen LogP contribution in [-0.4, -0.2) is 16.6 Å². The van der Waals surface area contributed by atoms with Crippen LogP contribution < -0.4 is 5.69 Å². The highest BCUT2D eigenvalue weighted by Crippen LogP contribution is 2.31. The van der Waals surface area contributed by atoms with E-state index in [4.69, 9.17) is 4.74 Å². The zero-order chi connectivity index (χ0) is 18.1. The minimum Gasteiger partial charge on any atom is -0.372 e. The van der Waals surface area contributed by atoms with Crippen molar-refractivity contribution in [1.29, 1.82) is 0 Å². The summed E-state index contributed by atoms with van der Waals surface area (Å²) in [5.74, 6) is 0. The van der Waals surface area contributed by atoms with Gasteiger partial charge in [-0.1, -0.05) is 56.1 Å². The van der Waals surface area contributed by atoms with Crippen molar-refractivity contribution in [3.63, 3.8) is 0 Å². The van der Waals surface area contributed by atoms with Gasteiger partial charge in [-0.15, -0.1) is 0 Å². The first-order valence-electron chi connectivity index (χ1n) is 8.03. The Labute approximate surface area is 167 Å². The molecule has 2 aromatic carbocycles. The molecule has 130 valence electrons. The molecular formula is C20H14Br2N2O2. The number of nitrogens with zero attached hydrogens (tertiary/aromatic N) is 1. The van der Waals surface area contributed by atoms with Crippen molar-refractivity contribution < 1.29 is 4.74 Å². The maximum Gasteiger partial charge on any atom is 0.345 e. The molecule has 0 radical (unpaired) electrons. The van der Waals surface area contributed by atoms with Crippen LogP contribution in [0, 0.1) is 0 Å². The summed E-state index contributed by atoms with van der Waals surface area (Å²) >= 11 is 6.88. The van der Waals surface area contributed by atoms with Gasteiger partial charge in [-0.3, -0.25) is 0 Å². The lowest BCUT2D eigenvalue weighted by Gasteiger charge is -2.21. The highest BCUT2D eigenvalue weighted by Gasteiger charge is 2.21. The third-order valence-corrected chi connectivity index (χ3v) is 5.24. The fourth-order valence-electron chi connectivity index (χ4n) is 2.97. The van der Waals surface area contributed by atoms with Crippen molar-refractivity contribution in [2.75, 3.05) is 6.61 Å². The van der Waals surface area contributed by atoms with Gasteiger partial charge in [0.25, 0.3) is 0 Å². The van der Waals surface area contributed by atoms with Gasteiger partial charge in [0.05, 0.1) is 24.6 Å². The van der Waals surface area contributed by atoms with Gasteiger partial charge in [0.15, 0.2) is 0 Å². The first-order chi connectivity index (χ1) is 12.6. The normalized spacial score (nSPS) is 15.1. The van der Waals surface area contributed by atoms with E-state index in [1.165, 1.54) is 0 Å². The predicted molar refractivity (Wildman–Crippen MR) is 110 cm³/mol. The molecule has 3 aromatic rings. The molecule has 2 heterocycles. The van der Waals surface area contributed by atoms with E-state index in [9.17, 15) is 4.79 Å². The Bertz CT molecular complexity index is 1040. The molecule has 0 spiro atoms. The number of halogens is 2. The van der Waals surface area contributed by atoms with Crippen LogP contribution in [0.3, 0.4) is 0 Å². The number of fused-ring (bicyclic) bond motifs is 1. The first-order valence-corrected chi connectivity index (χ1v) is 9.62. The highest BCUT2D eigenvalue weighted by molar-refractivity contribution is 9.10. The van der Waals surface area contributed by atoms with Gasteiger partial charge in [-0.2, -0.15) is 4.98 Å². The summed E-state index contributed by atoms with van der Waals surface area (Å²) in [5, 5.41) is 0. The molecular weight excluding hydrogens is 460 g/mol. The fraction of sp³-hybridized carbons (Fsp3) is 0.100. The second-order valence-corrected chi connectivity index (χ2v) is 7.80. The molecule has 0 unspecified atom stereocenters. The van der Waals surface area contributed by atoms with Crippen LogP contribution in [0.4, 0.5) is 0 Å². The second-order valence-electron chi connectivity index (χ2n) is 5.96. The maximum atomic E-state index is 12.2. The molecule has 0 atom stereocenters. The Morgan fingerprint density at radius 3 is 2.31 bits per heavy atom. The van der Waals surface area contributed by atoms with Crippen LogP contribution in [0.1, 0.15) is 16.8 Å². The third kappa shape index (κ3) is 3.58. The van der Waals surface area contributed by atoms with Gasteiger partial charge < -0.3 is 9.72 Å². The summed E-state index contributed by atoms with van der Waals surface area (Å²) in [5.41, 5.74) is 4.88. The van der Waals surface area contributed by atoms with E-state index < -0.39 is 0 Å². The van der Waals surface area contributed by atoms with Gasteiger partial charge >= 0.3 is 5.69 Å². The molecule has 0 bridgehead atoms. The summed E-state index contributed by atoms with van der Waals surface area (Å²) in [6.45, 7) is 0.849. The van der Waals surface area contributed by atoms with Crippen LogP contribution >= 0.6 is 31.9 Å². The van der Waals surface area contributed by atoms with Crippen LogP contribution in [0.2, 0.25) is 0 Å². The number of aromatic nitrogens is 2. The van der Waals surface area contributed by atoms with E-state index in [-0.39, 0.29) is 5.69 Å². The molecule has 6 heteroatoms. The lowest BCUT2D eigenvalue weighted by molar-refractivity contribution is 0.146. The molecule has 26 heavy (non-hydrogen) atoms. The van der Waals surface area contributed by atoms with Gasteiger partial charge in [-0.25, -0.2) is 4.79 Å². The molecule has 0 aliphatic carbocycles. The SMILES string of the molecule is O=c1nc2c(c(-c3ccc(Br)cc3)[nH]1)COC/C2=C\c1ccc(Br)cc1. The van der Waals surface area contributed by atoms with Crippen molar-refractivity contribution >= 4 is 43.5 Å². The molecule has 0 amide bonds. The number of hydrogen-bond acceptors (Lipinski definition) is 3. The van der Waals surface area contributed by atoms with Gasteiger partial charge in [0, 0.05) is 20.1 Å². The Morgan fingerprint density at radius 2 is 1.62 bits per heavy atom. The Balaban J connectivity index is 1.85. The first kappa shape index (κ1) is 17.4. The van der Waals surface area contributed by atoms with E-state index >= 15 is 0 Å². The van der Waals surface area contributed by atoms with E-state index in [2.05, 4.69) is 41.8 Å². The number of benzene rings is 2. The largest absolute Gasteiger partial charge is 0.372 e. The van der Waals surface area contributed by atoms with Crippen LogP contribution in [0.25, 0.3) is 22.9 Å². The summed E-state index contributed by atoms with van der Waals surface area (Å²) in [7, 11) is 0. The summed E-state index contributed by atoms with van der Waals surface area (Å²) in [6.07, 6.45) is 2.02. The zero-order valence-electron chi connectivity index (χ0n) is 13.6. The molecule has 0 fully saturated rings. The number of ether oxygens (including phenoxy) is 1. The summed E-state index contributed by atoms with van der Waals surface area (Å²) in [4.78, 5) is 19.3. The van der Waals surface area contributed by atoms with Gasteiger partial charge in [-0.05, 0) is 41.5 Å². The van der Waals surface area contributed by atoms with Crippen molar-refractivity contribution in [2.45, 2.75) is 6.61 Å². The molecule has 1 aliphatic heterocycles. The number of hydrogen-bond donors (Lipinski definition) is 1. The quantitative estimate of drug-likeness (QED) is 0.567. The minimum absolute atomic E-state index is 0.356. The summed E-state index contributed by atoms with van der Waals surface area (Å²) in [6, 6.07) is 15.8. The molecule has 1 N–H and O–H groups in total. The van der Waals surface area contributed by atoms with Crippen molar-refractivity contribution in [3.8, 4) is 11.3 Å². The van der Waals surface area contributed by atoms with E-state index in [1.807, 2.05) is 54.6 Å². The van der Waals surface area contributed by atoms with Crippen LogP contribution in [0.15, 0.2) is 62.3 Å². The van der Waals surface area contributed by atoms with Crippen molar-refractivity contribution in [1.82, 2.24) is 9.97 Å².